The fourth-order valence-electron chi connectivity index (χ4n) is 4.23. The number of aliphatic hydroxyl groups excluding tert-OH is 10. The molecule has 10 N–H and O–H groups in total. The summed E-state index contributed by atoms with van der Waals surface area (Å²) in [5.41, 5.74) is -1.13. The number of hydrogen-bond donors (Lipinski definition) is 10. The second-order valence-electron chi connectivity index (χ2n) is 8.97. The highest BCUT2D eigenvalue weighted by Crippen LogP contribution is 2.34. The van der Waals surface area contributed by atoms with Crippen molar-refractivity contribution in [3.63, 3.8) is 0 Å². The van der Waals surface area contributed by atoms with Gasteiger partial charge in [-0.2, -0.15) is 0 Å². The van der Waals surface area contributed by atoms with E-state index >= 15 is 0 Å². The monoisotopic (exact) mass is 560 g/mol. The van der Waals surface area contributed by atoms with Crippen LogP contribution >= 0.6 is 11.8 Å². The lowest BCUT2D eigenvalue weighted by Gasteiger charge is -2.46. The van der Waals surface area contributed by atoms with Crippen molar-refractivity contribution in [1.29, 1.82) is 0 Å². The molecule has 3 rings (SSSR count). The molecule has 3 saturated heterocycles. The molecule has 15 nitrogen and oxygen atoms in total. The first kappa shape index (κ1) is 31.0. The molecule has 0 unspecified atom stereocenters. The zero-order valence-corrected chi connectivity index (χ0v) is 20.5. The van der Waals surface area contributed by atoms with Crippen LogP contribution in [0.4, 0.5) is 0 Å². The van der Waals surface area contributed by atoms with E-state index in [-0.39, 0.29) is 12.4 Å². The average molecular weight is 561 g/mol. The van der Waals surface area contributed by atoms with Crippen molar-refractivity contribution in [2.24, 2.45) is 0 Å². The van der Waals surface area contributed by atoms with E-state index in [0.717, 1.165) is 11.8 Å². The molecule has 37 heavy (non-hydrogen) atoms. The summed E-state index contributed by atoms with van der Waals surface area (Å²) in [6.45, 7) is 2.11. The van der Waals surface area contributed by atoms with Gasteiger partial charge in [0.2, 0.25) is 0 Å². The SMILES string of the molecule is C=CCO[C@H]1O[C@H](CS[C@H]2O[C@H](CO)[C@@H](O)[C@H](O)[C@@H]2O)[C@@H](O)[C@H](O[C@H]2O[C@H](CO)[C@@H](O)[C@H](O)[C@@H]2O)[C@@H]1O. The number of thioether (sulfide) groups is 1. The Labute approximate surface area is 216 Å². The molecule has 0 radical (unpaired) electrons. The van der Waals surface area contributed by atoms with Gasteiger partial charge in [-0.15, -0.1) is 18.3 Å². The van der Waals surface area contributed by atoms with Crippen molar-refractivity contribution in [2.75, 3.05) is 25.6 Å². The van der Waals surface area contributed by atoms with Gasteiger partial charge >= 0.3 is 0 Å². The minimum atomic E-state index is -1.80. The molecule has 3 fully saturated rings. The zero-order valence-electron chi connectivity index (χ0n) is 19.7. The first-order valence-electron chi connectivity index (χ1n) is 11.7. The summed E-state index contributed by atoms with van der Waals surface area (Å²) < 4.78 is 27.4. The summed E-state index contributed by atoms with van der Waals surface area (Å²) in [7, 11) is 0. The van der Waals surface area contributed by atoms with Crippen molar-refractivity contribution in [3.05, 3.63) is 12.7 Å². The lowest BCUT2D eigenvalue weighted by molar-refractivity contribution is -0.356. The van der Waals surface area contributed by atoms with E-state index in [9.17, 15) is 51.1 Å². The van der Waals surface area contributed by atoms with Gasteiger partial charge in [-0.3, -0.25) is 0 Å². The van der Waals surface area contributed by atoms with Crippen LogP contribution in [-0.4, -0.2) is 168 Å². The summed E-state index contributed by atoms with van der Waals surface area (Å²) in [5.74, 6) is -0.126. The topological polar surface area (TPSA) is 248 Å². The summed E-state index contributed by atoms with van der Waals surface area (Å²) in [6.07, 6.45) is -19.8. The Morgan fingerprint density at radius 1 is 0.649 bits per heavy atom. The summed E-state index contributed by atoms with van der Waals surface area (Å²) in [4.78, 5) is 0. The van der Waals surface area contributed by atoms with Crippen molar-refractivity contribution in [2.45, 2.75) is 91.3 Å². The van der Waals surface area contributed by atoms with E-state index in [4.69, 9.17) is 23.7 Å². The van der Waals surface area contributed by atoms with Crippen LogP contribution in [-0.2, 0) is 23.7 Å². The number of rotatable bonds is 10. The summed E-state index contributed by atoms with van der Waals surface area (Å²) >= 11 is 0.882. The van der Waals surface area contributed by atoms with E-state index < -0.39 is 104 Å². The largest absolute Gasteiger partial charge is 0.394 e. The normalized spacial score (nSPS) is 49.1. The van der Waals surface area contributed by atoms with Crippen LogP contribution in [0.25, 0.3) is 0 Å². The van der Waals surface area contributed by atoms with Crippen LogP contribution < -0.4 is 0 Å². The van der Waals surface area contributed by atoms with Crippen LogP contribution in [0.2, 0.25) is 0 Å². The lowest BCUT2D eigenvalue weighted by Crippen LogP contribution is -2.64. The minimum absolute atomic E-state index is 0.0584. The van der Waals surface area contributed by atoms with Gasteiger partial charge < -0.3 is 74.7 Å². The molecule has 16 heteroatoms. The molecule has 0 amide bonds. The molecule has 15 atom stereocenters. The predicted molar refractivity (Wildman–Crippen MR) is 122 cm³/mol. The Hall–Kier alpha value is -0.510. The molecule has 3 heterocycles. The van der Waals surface area contributed by atoms with Gasteiger partial charge in [-0.05, 0) is 0 Å². The maximum absolute atomic E-state index is 11.0. The van der Waals surface area contributed by atoms with E-state index in [1.807, 2.05) is 0 Å². The van der Waals surface area contributed by atoms with E-state index in [1.165, 1.54) is 6.08 Å². The van der Waals surface area contributed by atoms with Crippen LogP contribution in [0, 0.1) is 0 Å². The quantitative estimate of drug-likeness (QED) is 0.112. The molecule has 0 bridgehead atoms. The standard InChI is InChI=1S/C21H36O15S/c1-2-3-32-19-17(31)18(36-20-15(29)13(27)10(24)7(4-22)33-20)12(26)9(34-19)6-37-21-16(30)14(28)11(25)8(5-23)35-21/h2,7-31H,1,3-6H2/t7-,8-,9-,10-,11-,12-,13+,14+,15+,16+,17+,18+,19+,20-,21-/m1/s1. The van der Waals surface area contributed by atoms with Crippen LogP contribution in [0.5, 0.6) is 0 Å². The Morgan fingerprint density at radius 2 is 1.22 bits per heavy atom. The van der Waals surface area contributed by atoms with Gasteiger partial charge in [-0.25, -0.2) is 0 Å². The fraction of sp³-hybridized carbons (Fsp3) is 0.905. The fourth-order valence-corrected chi connectivity index (χ4v) is 5.47. The van der Waals surface area contributed by atoms with Gasteiger partial charge in [0, 0.05) is 5.75 Å². The molecule has 3 aliphatic heterocycles. The number of hydrogen-bond acceptors (Lipinski definition) is 16. The third-order valence-electron chi connectivity index (χ3n) is 6.43. The highest BCUT2D eigenvalue weighted by atomic mass is 32.2. The smallest absolute Gasteiger partial charge is 0.187 e. The molecule has 0 saturated carbocycles. The van der Waals surface area contributed by atoms with Crippen LogP contribution in [0.15, 0.2) is 12.7 Å². The molecule has 0 aromatic carbocycles. The molecule has 0 aromatic heterocycles. The molecule has 216 valence electrons. The van der Waals surface area contributed by atoms with Gasteiger partial charge in [0.25, 0.3) is 0 Å². The Kier molecular flexibility index (Phi) is 11.5. The second kappa shape index (κ2) is 13.7. The molecular weight excluding hydrogens is 524 g/mol. The zero-order chi connectivity index (χ0) is 27.4. The van der Waals surface area contributed by atoms with Crippen LogP contribution in [0.3, 0.4) is 0 Å². The lowest BCUT2D eigenvalue weighted by atomic mass is 9.97. The van der Waals surface area contributed by atoms with Crippen molar-refractivity contribution in [3.8, 4) is 0 Å². The molecule has 3 aliphatic rings. The first-order chi connectivity index (χ1) is 17.5. The third kappa shape index (κ3) is 6.80. The number of ether oxygens (including phenoxy) is 5. The minimum Gasteiger partial charge on any atom is -0.394 e. The van der Waals surface area contributed by atoms with Gasteiger partial charge in [0.05, 0.1) is 25.9 Å². The Bertz CT molecular complexity index is 715. The molecule has 0 spiro atoms. The maximum atomic E-state index is 11.0. The Morgan fingerprint density at radius 3 is 1.81 bits per heavy atom. The molecular formula is C21H36O15S. The van der Waals surface area contributed by atoms with Crippen molar-refractivity contribution < 1.29 is 74.7 Å². The van der Waals surface area contributed by atoms with Crippen molar-refractivity contribution in [1.82, 2.24) is 0 Å². The van der Waals surface area contributed by atoms with E-state index in [1.54, 1.807) is 0 Å². The van der Waals surface area contributed by atoms with Crippen LogP contribution in [0.1, 0.15) is 0 Å². The third-order valence-corrected chi connectivity index (χ3v) is 7.67. The van der Waals surface area contributed by atoms with Crippen molar-refractivity contribution >= 4 is 11.8 Å². The first-order valence-corrected chi connectivity index (χ1v) is 12.7. The highest BCUT2D eigenvalue weighted by molar-refractivity contribution is 7.99. The summed E-state index contributed by atoms with van der Waals surface area (Å²) in [6, 6.07) is 0. The predicted octanol–water partition coefficient (Wildman–Crippen LogP) is -5.65. The highest BCUT2D eigenvalue weighted by Gasteiger charge is 2.51. The second-order valence-corrected chi connectivity index (χ2v) is 10.1. The Balaban J connectivity index is 1.73. The molecule has 0 aliphatic carbocycles. The van der Waals surface area contributed by atoms with E-state index in [0.29, 0.717) is 0 Å². The maximum Gasteiger partial charge on any atom is 0.187 e. The van der Waals surface area contributed by atoms with Gasteiger partial charge in [-0.1, -0.05) is 6.08 Å². The molecule has 0 aromatic rings. The average Bonchev–Trinajstić information content (AvgIpc) is 2.89. The van der Waals surface area contributed by atoms with Gasteiger partial charge in [0.15, 0.2) is 12.6 Å². The van der Waals surface area contributed by atoms with E-state index in [2.05, 4.69) is 6.58 Å². The van der Waals surface area contributed by atoms with Gasteiger partial charge in [0.1, 0.15) is 72.6 Å². The summed E-state index contributed by atoms with van der Waals surface area (Å²) in [5, 5.41) is 101. The number of aliphatic hydroxyl groups is 10.